The van der Waals surface area contributed by atoms with Crippen LogP contribution >= 0.6 is 11.6 Å². The standard InChI is InChI=1S/C9H8O4.C6H5Cl/c1-5-2-6(8(10)11)4-7(3-5)9(12)13;7-6-4-2-1-3-5-6/h2-4H,1H3,(H,10,11)(H,12,13);1-5H. The zero-order valence-electron chi connectivity index (χ0n) is 10.7. The third-order valence-electron chi connectivity index (χ3n) is 2.30. The van der Waals surface area contributed by atoms with Crippen LogP contribution in [0, 0.1) is 6.92 Å². The predicted octanol–water partition coefficient (Wildman–Crippen LogP) is 3.73. The SMILES string of the molecule is Cc1cc(C(=O)O)cc(C(=O)O)c1.Clc1ccccc1. The summed E-state index contributed by atoms with van der Waals surface area (Å²) in [7, 11) is 0. The fourth-order valence-electron chi connectivity index (χ4n) is 1.44. The molecule has 104 valence electrons. The molecule has 2 aromatic carbocycles. The molecule has 0 fully saturated rings. The highest BCUT2D eigenvalue weighted by molar-refractivity contribution is 6.30. The zero-order chi connectivity index (χ0) is 15.1. The molecule has 4 nitrogen and oxygen atoms in total. The summed E-state index contributed by atoms with van der Waals surface area (Å²) in [6, 6.07) is 13.4. The van der Waals surface area contributed by atoms with Crippen LogP contribution in [0.1, 0.15) is 26.3 Å². The molecule has 0 unspecified atom stereocenters. The van der Waals surface area contributed by atoms with Gasteiger partial charge < -0.3 is 10.2 Å². The summed E-state index contributed by atoms with van der Waals surface area (Å²) in [5.74, 6) is -2.24. The van der Waals surface area contributed by atoms with Crippen molar-refractivity contribution in [3.63, 3.8) is 0 Å². The maximum absolute atomic E-state index is 10.5. The fraction of sp³-hybridized carbons (Fsp3) is 0.0667. The van der Waals surface area contributed by atoms with Gasteiger partial charge in [-0.3, -0.25) is 0 Å². The van der Waals surface area contributed by atoms with Crippen molar-refractivity contribution in [3.8, 4) is 0 Å². The molecule has 0 aliphatic carbocycles. The summed E-state index contributed by atoms with van der Waals surface area (Å²) in [6.45, 7) is 1.65. The van der Waals surface area contributed by atoms with Crippen molar-refractivity contribution in [1.82, 2.24) is 0 Å². The maximum Gasteiger partial charge on any atom is 0.335 e. The summed E-state index contributed by atoms with van der Waals surface area (Å²) in [4.78, 5) is 21.1. The monoisotopic (exact) mass is 292 g/mol. The molecule has 0 atom stereocenters. The van der Waals surface area contributed by atoms with E-state index in [1.807, 2.05) is 30.3 Å². The Morgan fingerprint density at radius 3 is 1.65 bits per heavy atom. The number of hydrogen-bond acceptors (Lipinski definition) is 2. The van der Waals surface area contributed by atoms with Crippen molar-refractivity contribution in [1.29, 1.82) is 0 Å². The van der Waals surface area contributed by atoms with E-state index in [9.17, 15) is 9.59 Å². The van der Waals surface area contributed by atoms with E-state index in [1.165, 1.54) is 12.1 Å². The molecule has 0 saturated heterocycles. The number of carboxylic acid groups (broad SMARTS) is 2. The summed E-state index contributed by atoms with van der Waals surface area (Å²) in [5.41, 5.74) is 0.618. The van der Waals surface area contributed by atoms with Gasteiger partial charge in [0.2, 0.25) is 0 Å². The Bertz CT molecular complexity index is 576. The first-order chi connectivity index (χ1) is 9.40. The van der Waals surface area contributed by atoms with Crippen molar-refractivity contribution in [2.24, 2.45) is 0 Å². The molecule has 0 heterocycles. The van der Waals surface area contributed by atoms with E-state index in [1.54, 1.807) is 6.92 Å². The molecular formula is C15H13ClO4. The summed E-state index contributed by atoms with van der Waals surface area (Å²) in [6.07, 6.45) is 0. The van der Waals surface area contributed by atoms with E-state index in [-0.39, 0.29) is 11.1 Å². The van der Waals surface area contributed by atoms with E-state index in [4.69, 9.17) is 21.8 Å². The van der Waals surface area contributed by atoms with E-state index in [0.717, 1.165) is 11.1 Å². The summed E-state index contributed by atoms with van der Waals surface area (Å²) < 4.78 is 0. The first-order valence-corrected chi connectivity index (χ1v) is 6.07. The van der Waals surface area contributed by atoms with Gasteiger partial charge in [-0.2, -0.15) is 0 Å². The molecule has 2 rings (SSSR count). The third-order valence-corrected chi connectivity index (χ3v) is 2.56. The number of carboxylic acids is 2. The lowest BCUT2D eigenvalue weighted by Crippen LogP contribution is -2.02. The fourth-order valence-corrected chi connectivity index (χ4v) is 1.59. The maximum atomic E-state index is 10.5. The van der Waals surface area contributed by atoms with Crippen LogP contribution in [0.4, 0.5) is 0 Å². The Hall–Kier alpha value is -2.33. The smallest absolute Gasteiger partial charge is 0.335 e. The largest absolute Gasteiger partial charge is 0.478 e. The molecule has 0 bridgehead atoms. The molecule has 20 heavy (non-hydrogen) atoms. The Morgan fingerprint density at radius 1 is 0.900 bits per heavy atom. The van der Waals surface area contributed by atoms with Gasteiger partial charge in [0.25, 0.3) is 0 Å². The second-order valence-electron chi connectivity index (χ2n) is 3.99. The van der Waals surface area contributed by atoms with E-state index >= 15 is 0 Å². The van der Waals surface area contributed by atoms with Crippen molar-refractivity contribution in [2.75, 3.05) is 0 Å². The van der Waals surface area contributed by atoms with Gasteiger partial charge in [0, 0.05) is 5.02 Å². The topological polar surface area (TPSA) is 74.6 Å². The first-order valence-electron chi connectivity index (χ1n) is 5.69. The Balaban J connectivity index is 0.000000240. The second kappa shape index (κ2) is 7.31. The van der Waals surface area contributed by atoms with Crippen LogP contribution in [0.15, 0.2) is 48.5 Å². The molecule has 0 aromatic heterocycles. The molecule has 2 N–H and O–H groups in total. The van der Waals surface area contributed by atoms with Gasteiger partial charge in [0.05, 0.1) is 11.1 Å². The molecule has 0 radical (unpaired) electrons. The van der Waals surface area contributed by atoms with Gasteiger partial charge in [-0.05, 0) is 42.8 Å². The molecule has 0 aliphatic heterocycles. The van der Waals surface area contributed by atoms with Gasteiger partial charge in [-0.1, -0.05) is 29.8 Å². The highest BCUT2D eigenvalue weighted by Gasteiger charge is 2.09. The van der Waals surface area contributed by atoms with Crippen LogP contribution < -0.4 is 0 Å². The minimum absolute atomic E-state index is 0.00241. The summed E-state index contributed by atoms with van der Waals surface area (Å²) in [5, 5.41) is 18.0. The van der Waals surface area contributed by atoms with Crippen LogP contribution in [0.5, 0.6) is 0 Å². The molecule has 0 amide bonds. The van der Waals surface area contributed by atoms with Crippen LogP contribution in [0.2, 0.25) is 5.02 Å². The third kappa shape index (κ3) is 5.12. The van der Waals surface area contributed by atoms with Gasteiger partial charge >= 0.3 is 11.9 Å². The quantitative estimate of drug-likeness (QED) is 0.884. The lowest BCUT2D eigenvalue weighted by molar-refractivity contribution is 0.0696. The Labute approximate surface area is 121 Å². The Morgan fingerprint density at radius 2 is 1.35 bits per heavy atom. The second-order valence-corrected chi connectivity index (χ2v) is 4.43. The van der Waals surface area contributed by atoms with Gasteiger partial charge in [0.15, 0.2) is 0 Å². The van der Waals surface area contributed by atoms with Crippen molar-refractivity contribution >= 4 is 23.5 Å². The number of carbonyl (C=O) groups is 2. The number of halogens is 1. The lowest BCUT2D eigenvalue weighted by Gasteiger charge is -1.99. The van der Waals surface area contributed by atoms with Gasteiger partial charge in [-0.25, -0.2) is 9.59 Å². The van der Waals surface area contributed by atoms with E-state index in [2.05, 4.69) is 0 Å². The van der Waals surface area contributed by atoms with Crippen LogP contribution in [-0.2, 0) is 0 Å². The lowest BCUT2D eigenvalue weighted by atomic mass is 10.1. The number of aromatic carboxylic acids is 2. The highest BCUT2D eigenvalue weighted by Crippen LogP contribution is 2.09. The van der Waals surface area contributed by atoms with E-state index < -0.39 is 11.9 Å². The molecule has 0 spiro atoms. The summed E-state index contributed by atoms with van der Waals surface area (Å²) >= 11 is 5.54. The van der Waals surface area contributed by atoms with Gasteiger partial charge in [-0.15, -0.1) is 0 Å². The van der Waals surface area contributed by atoms with Gasteiger partial charge in [0.1, 0.15) is 0 Å². The average molecular weight is 293 g/mol. The van der Waals surface area contributed by atoms with Crippen LogP contribution in [0.3, 0.4) is 0 Å². The highest BCUT2D eigenvalue weighted by atomic mass is 35.5. The number of rotatable bonds is 2. The van der Waals surface area contributed by atoms with E-state index in [0.29, 0.717) is 5.56 Å². The number of aryl methyl sites for hydroxylation is 1. The zero-order valence-corrected chi connectivity index (χ0v) is 11.5. The van der Waals surface area contributed by atoms with Crippen LogP contribution in [0.25, 0.3) is 0 Å². The predicted molar refractivity (Wildman–Crippen MR) is 76.5 cm³/mol. The normalized spacial score (nSPS) is 9.30. The van der Waals surface area contributed by atoms with Crippen molar-refractivity contribution in [3.05, 3.63) is 70.2 Å². The number of hydrogen-bond donors (Lipinski definition) is 2. The number of benzene rings is 2. The molecular weight excluding hydrogens is 280 g/mol. The van der Waals surface area contributed by atoms with Crippen molar-refractivity contribution < 1.29 is 19.8 Å². The average Bonchev–Trinajstić information content (AvgIpc) is 2.39. The Kier molecular flexibility index (Phi) is 5.74. The molecule has 0 aliphatic rings. The minimum atomic E-state index is -1.12. The minimum Gasteiger partial charge on any atom is -0.478 e. The molecule has 5 heteroatoms. The van der Waals surface area contributed by atoms with Crippen LogP contribution in [-0.4, -0.2) is 22.2 Å². The first kappa shape index (κ1) is 15.7. The molecule has 0 saturated carbocycles. The molecule has 2 aromatic rings. The van der Waals surface area contributed by atoms with Crippen molar-refractivity contribution in [2.45, 2.75) is 6.92 Å².